The highest BCUT2D eigenvalue weighted by Crippen LogP contribution is 2.29. The standard InChI is InChI=1S/C18H20N4O/c1-23-14-9-7-13(8-10-14)22-17-16(6-4-12-20-17)21-18(22)15-5-2-3-11-19-15/h4,6-10,12,15,19H,2-3,5,11H2,1H3. The molecule has 0 amide bonds. The summed E-state index contributed by atoms with van der Waals surface area (Å²) >= 11 is 0. The molecular formula is C18H20N4O. The number of ether oxygens (including phenoxy) is 1. The third kappa shape index (κ3) is 2.57. The van der Waals surface area contributed by atoms with Crippen molar-refractivity contribution in [2.45, 2.75) is 25.3 Å². The highest BCUT2D eigenvalue weighted by molar-refractivity contribution is 5.74. The van der Waals surface area contributed by atoms with Gasteiger partial charge in [0, 0.05) is 11.9 Å². The van der Waals surface area contributed by atoms with E-state index in [9.17, 15) is 0 Å². The van der Waals surface area contributed by atoms with E-state index >= 15 is 0 Å². The largest absolute Gasteiger partial charge is 0.497 e. The van der Waals surface area contributed by atoms with E-state index in [0.717, 1.165) is 41.4 Å². The van der Waals surface area contributed by atoms with E-state index in [4.69, 9.17) is 9.72 Å². The van der Waals surface area contributed by atoms with E-state index in [2.05, 4.69) is 27.0 Å². The van der Waals surface area contributed by atoms with Gasteiger partial charge in [0.05, 0.1) is 13.2 Å². The molecular weight excluding hydrogens is 288 g/mol. The van der Waals surface area contributed by atoms with Gasteiger partial charge in [-0.2, -0.15) is 0 Å². The summed E-state index contributed by atoms with van der Waals surface area (Å²) in [7, 11) is 1.68. The zero-order valence-corrected chi connectivity index (χ0v) is 13.2. The van der Waals surface area contributed by atoms with Crippen LogP contribution in [0.2, 0.25) is 0 Å². The Kier molecular flexibility index (Phi) is 3.71. The van der Waals surface area contributed by atoms with Gasteiger partial charge in [-0.25, -0.2) is 9.97 Å². The van der Waals surface area contributed by atoms with Gasteiger partial charge in [-0.05, 0) is 55.8 Å². The summed E-state index contributed by atoms with van der Waals surface area (Å²) in [6.45, 7) is 1.05. The second kappa shape index (κ2) is 6.01. The molecule has 1 aromatic carbocycles. The van der Waals surface area contributed by atoms with Crippen molar-refractivity contribution in [1.29, 1.82) is 0 Å². The smallest absolute Gasteiger partial charge is 0.164 e. The first kappa shape index (κ1) is 14.2. The van der Waals surface area contributed by atoms with Gasteiger partial charge >= 0.3 is 0 Å². The minimum atomic E-state index is 0.278. The lowest BCUT2D eigenvalue weighted by Gasteiger charge is -2.23. The SMILES string of the molecule is COc1ccc(-n2c(C3CCCCN3)nc3cccnc32)cc1. The van der Waals surface area contributed by atoms with Gasteiger partial charge in [-0.1, -0.05) is 6.42 Å². The van der Waals surface area contributed by atoms with Crippen molar-refractivity contribution in [1.82, 2.24) is 19.9 Å². The van der Waals surface area contributed by atoms with Crippen LogP contribution in [0.25, 0.3) is 16.9 Å². The van der Waals surface area contributed by atoms with E-state index < -0.39 is 0 Å². The number of imidazole rings is 1. The van der Waals surface area contributed by atoms with Crippen molar-refractivity contribution < 1.29 is 4.74 Å². The Labute approximate surface area is 135 Å². The molecule has 0 spiro atoms. The maximum atomic E-state index is 5.27. The zero-order valence-electron chi connectivity index (χ0n) is 13.2. The number of nitrogens with one attached hydrogen (secondary N) is 1. The lowest BCUT2D eigenvalue weighted by molar-refractivity contribution is 0.395. The van der Waals surface area contributed by atoms with Crippen LogP contribution >= 0.6 is 0 Å². The molecule has 0 radical (unpaired) electrons. The fraction of sp³-hybridized carbons (Fsp3) is 0.333. The van der Waals surface area contributed by atoms with Gasteiger partial charge in [0.25, 0.3) is 0 Å². The van der Waals surface area contributed by atoms with Crippen LogP contribution in [0, 0.1) is 0 Å². The predicted molar refractivity (Wildman–Crippen MR) is 90.0 cm³/mol. The van der Waals surface area contributed by atoms with Crippen molar-refractivity contribution in [2.24, 2.45) is 0 Å². The molecule has 23 heavy (non-hydrogen) atoms. The number of benzene rings is 1. The first-order chi connectivity index (χ1) is 11.4. The zero-order chi connectivity index (χ0) is 15.6. The molecule has 1 aliphatic heterocycles. The van der Waals surface area contributed by atoms with Crippen LogP contribution in [0.4, 0.5) is 0 Å². The topological polar surface area (TPSA) is 52.0 Å². The van der Waals surface area contributed by atoms with Crippen molar-refractivity contribution >= 4 is 11.2 Å². The molecule has 0 aliphatic carbocycles. The van der Waals surface area contributed by atoms with Crippen molar-refractivity contribution in [3.05, 3.63) is 48.4 Å². The fourth-order valence-corrected chi connectivity index (χ4v) is 3.22. The van der Waals surface area contributed by atoms with Crippen molar-refractivity contribution in [3.63, 3.8) is 0 Å². The Morgan fingerprint density at radius 2 is 2.04 bits per heavy atom. The molecule has 3 heterocycles. The molecule has 2 aromatic heterocycles. The predicted octanol–water partition coefficient (Wildman–Crippen LogP) is 3.24. The Hall–Kier alpha value is -2.40. The summed E-state index contributed by atoms with van der Waals surface area (Å²) in [6, 6.07) is 12.3. The molecule has 118 valence electrons. The maximum absolute atomic E-state index is 5.27. The summed E-state index contributed by atoms with van der Waals surface area (Å²) in [5, 5.41) is 3.59. The minimum absolute atomic E-state index is 0.278. The molecule has 5 nitrogen and oxygen atoms in total. The minimum Gasteiger partial charge on any atom is -0.497 e. The lowest BCUT2D eigenvalue weighted by atomic mass is 10.0. The summed E-state index contributed by atoms with van der Waals surface area (Å²) in [6.07, 6.45) is 5.40. The number of pyridine rings is 1. The molecule has 1 unspecified atom stereocenters. The van der Waals surface area contributed by atoms with Gasteiger partial charge in [0.1, 0.15) is 17.1 Å². The normalized spacial score (nSPS) is 18.2. The van der Waals surface area contributed by atoms with Crippen LogP contribution in [-0.2, 0) is 0 Å². The Morgan fingerprint density at radius 3 is 2.78 bits per heavy atom. The molecule has 4 rings (SSSR count). The summed E-state index contributed by atoms with van der Waals surface area (Å²) in [4.78, 5) is 9.42. The Morgan fingerprint density at radius 1 is 1.17 bits per heavy atom. The van der Waals surface area contributed by atoms with E-state index in [-0.39, 0.29) is 6.04 Å². The quantitative estimate of drug-likeness (QED) is 0.807. The number of methoxy groups -OCH3 is 1. The van der Waals surface area contributed by atoms with Gasteiger partial charge < -0.3 is 10.1 Å². The van der Waals surface area contributed by atoms with Gasteiger partial charge in [-0.3, -0.25) is 4.57 Å². The van der Waals surface area contributed by atoms with Gasteiger partial charge in [0.15, 0.2) is 5.65 Å². The van der Waals surface area contributed by atoms with Crippen LogP contribution in [0.15, 0.2) is 42.6 Å². The lowest BCUT2D eigenvalue weighted by Crippen LogP contribution is -2.29. The average Bonchev–Trinajstić information content (AvgIpc) is 3.02. The second-order valence-corrected chi connectivity index (χ2v) is 5.85. The van der Waals surface area contributed by atoms with E-state index in [0.29, 0.717) is 0 Å². The van der Waals surface area contributed by atoms with Crippen LogP contribution in [0.1, 0.15) is 31.1 Å². The summed E-state index contributed by atoms with van der Waals surface area (Å²) in [5.41, 5.74) is 2.90. The Balaban J connectivity index is 1.87. The van der Waals surface area contributed by atoms with Crippen LogP contribution in [0.3, 0.4) is 0 Å². The molecule has 1 N–H and O–H groups in total. The van der Waals surface area contributed by atoms with Crippen LogP contribution < -0.4 is 10.1 Å². The molecule has 1 aliphatic rings. The number of aromatic nitrogens is 3. The van der Waals surface area contributed by atoms with Crippen LogP contribution in [-0.4, -0.2) is 28.2 Å². The number of hydrogen-bond donors (Lipinski definition) is 1. The highest BCUT2D eigenvalue weighted by atomic mass is 16.5. The van der Waals surface area contributed by atoms with Gasteiger partial charge in [-0.15, -0.1) is 0 Å². The van der Waals surface area contributed by atoms with E-state index in [1.807, 2.05) is 30.5 Å². The number of fused-ring (bicyclic) bond motifs is 1. The molecule has 1 atom stereocenters. The third-order valence-electron chi connectivity index (χ3n) is 4.39. The van der Waals surface area contributed by atoms with Gasteiger partial charge in [0.2, 0.25) is 0 Å². The number of hydrogen-bond acceptors (Lipinski definition) is 4. The third-order valence-corrected chi connectivity index (χ3v) is 4.39. The number of rotatable bonds is 3. The summed E-state index contributed by atoms with van der Waals surface area (Å²) in [5.74, 6) is 1.90. The van der Waals surface area contributed by atoms with Crippen molar-refractivity contribution in [3.8, 4) is 11.4 Å². The average molecular weight is 308 g/mol. The highest BCUT2D eigenvalue weighted by Gasteiger charge is 2.23. The molecule has 1 saturated heterocycles. The molecule has 0 saturated carbocycles. The van der Waals surface area contributed by atoms with E-state index in [1.54, 1.807) is 7.11 Å². The molecule has 0 bridgehead atoms. The van der Waals surface area contributed by atoms with E-state index in [1.165, 1.54) is 12.8 Å². The molecule has 1 fully saturated rings. The number of nitrogens with zero attached hydrogens (tertiary/aromatic N) is 3. The number of piperidine rings is 1. The molecule has 3 aromatic rings. The van der Waals surface area contributed by atoms with Crippen LogP contribution in [0.5, 0.6) is 5.75 Å². The Bertz CT molecular complexity index is 804. The monoisotopic (exact) mass is 308 g/mol. The fourth-order valence-electron chi connectivity index (χ4n) is 3.22. The maximum Gasteiger partial charge on any atom is 0.164 e. The van der Waals surface area contributed by atoms with Crippen molar-refractivity contribution in [2.75, 3.05) is 13.7 Å². The molecule has 5 heteroatoms. The summed E-state index contributed by atoms with van der Waals surface area (Å²) < 4.78 is 7.43. The first-order valence-electron chi connectivity index (χ1n) is 8.08. The second-order valence-electron chi connectivity index (χ2n) is 5.85. The first-order valence-corrected chi connectivity index (χ1v) is 8.08.